The van der Waals surface area contributed by atoms with Gasteiger partial charge in [0.2, 0.25) is 0 Å². The Morgan fingerprint density at radius 2 is 2.62 bits per heavy atom. The Morgan fingerprint density at radius 1 is 1.69 bits per heavy atom. The summed E-state index contributed by atoms with van der Waals surface area (Å²) in [5.74, 6) is 2.52. The first-order valence-corrected chi connectivity index (χ1v) is 5.86. The molecule has 72 valence electrons. The number of imidazole rings is 1. The van der Waals surface area contributed by atoms with Crippen molar-refractivity contribution in [3.05, 3.63) is 18.2 Å². The normalized spacial score (nSPS) is 23.3. The van der Waals surface area contributed by atoms with Crippen molar-refractivity contribution in [2.24, 2.45) is 5.73 Å². The van der Waals surface area contributed by atoms with E-state index in [0.29, 0.717) is 12.6 Å². The maximum absolute atomic E-state index is 5.63. The number of thioether (sulfide) groups is 1. The molecule has 3 nitrogen and oxygen atoms in total. The maximum atomic E-state index is 5.63. The molecule has 4 heteroatoms. The van der Waals surface area contributed by atoms with Gasteiger partial charge in [-0.1, -0.05) is 0 Å². The molecule has 2 heterocycles. The van der Waals surface area contributed by atoms with Crippen molar-refractivity contribution in [3.8, 4) is 0 Å². The number of rotatable bonds is 2. The highest BCUT2D eigenvalue weighted by Gasteiger charge is 2.16. The zero-order chi connectivity index (χ0) is 9.10. The molecule has 13 heavy (non-hydrogen) atoms. The largest absolute Gasteiger partial charge is 0.329 e. The first kappa shape index (κ1) is 9.09. The molecule has 0 saturated carbocycles. The van der Waals surface area contributed by atoms with E-state index in [2.05, 4.69) is 9.55 Å². The molecular weight excluding hydrogens is 182 g/mol. The predicted octanol–water partition coefficient (Wildman–Crippen LogP) is 1.41. The molecule has 2 N–H and O–H groups in total. The molecule has 0 spiro atoms. The average Bonchev–Trinajstić information content (AvgIpc) is 2.67. The second kappa shape index (κ2) is 4.15. The first-order valence-electron chi connectivity index (χ1n) is 4.70. The Hall–Kier alpha value is -0.480. The number of hydrogen-bond donors (Lipinski definition) is 1. The Morgan fingerprint density at radius 3 is 3.31 bits per heavy atom. The molecule has 1 saturated heterocycles. The standard InChI is InChI=1S/C9H15N3S/c10-4-9-5-11-7-12(9)8-2-1-3-13-6-8/h5,7-8H,1-4,6,10H2. The van der Waals surface area contributed by atoms with Crippen LogP contribution in [0.3, 0.4) is 0 Å². The van der Waals surface area contributed by atoms with E-state index in [-0.39, 0.29) is 0 Å². The van der Waals surface area contributed by atoms with E-state index in [9.17, 15) is 0 Å². The van der Waals surface area contributed by atoms with E-state index in [0.717, 1.165) is 5.69 Å². The summed E-state index contributed by atoms with van der Waals surface area (Å²) in [6.45, 7) is 0.598. The van der Waals surface area contributed by atoms with Crippen LogP contribution in [-0.4, -0.2) is 21.1 Å². The fourth-order valence-corrected chi connectivity index (χ4v) is 2.90. The van der Waals surface area contributed by atoms with Crippen LogP contribution in [0.1, 0.15) is 24.6 Å². The van der Waals surface area contributed by atoms with Crippen LogP contribution in [0, 0.1) is 0 Å². The van der Waals surface area contributed by atoms with E-state index in [1.54, 1.807) is 0 Å². The van der Waals surface area contributed by atoms with E-state index >= 15 is 0 Å². The summed E-state index contributed by atoms with van der Waals surface area (Å²) in [4.78, 5) is 4.14. The van der Waals surface area contributed by atoms with Crippen molar-refractivity contribution < 1.29 is 0 Å². The van der Waals surface area contributed by atoms with Gasteiger partial charge < -0.3 is 10.3 Å². The lowest BCUT2D eigenvalue weighted by molar-refractivity contribution is 0.485. The van der Waals surface area contributed by atoms with Crippen LogP contribution in [0.2, 0.25) is 0 Å². The van der Waals surface area contributed by atoms with Gasteiger partial charge in [-0.25, -0.2) is 4.98 Å². The van der Waals surface area contributed by atoms with Crippen molar-refractivity contribution in [1.82, 2.24) is 9.55 Å². The minimum Gasteiger partial charge on any atom is -0.329 e. The summed E-state index contributed by atoms with van der Waals surface area (Å²) >= 11 is 2.03. The molecule has 0 amide bonds. The summed E-state index contributed by atoms with van der Waals surface area (Å²) in [6.07, 6.45) is 6.38. The van der Waals surface area contributed by atoms with Crippen molar-refractivity contribution in [2.45, 2.75) is 25.4 Å². The quantitative estimate of drug-likeness (QED) is 0.779. The lowest BCUT2D eigenvalue weighted by atomic mass is 10.2. The molecule has 1 unspecified atom stereocenters. The highest BCUT2D eigenvalue weighted by molar-refractivity contribution is 7.99. The molecule has 0 radical (unpaired) electrons. The minimum atomic E-state index is 0.598. The van der Waals surface area contributed by atoms with Crippen LogP contribution in [0.4, 0.5) is 0 Å². The van der Waals surface area contributed by atoms with Gasteiger partial charge in [-0.2, -0.15) is 11.8 Å². The number of nitrogens with two attached hydrogens (primary N) is 1. The monoisotopic (exact) mass is 197 g/mol. The van der Waals surface area contributed by atoms with Crippen molar-refractivity contribution in [3.63, 3.8) is 0 Å². The van der Waals surface area contributed by atoms with Gasteiger partial charge in [0.15, 0.2) is 0 Å². The highest BCUT2D eigenvalue weighted by Crippen LogP contribution is 2.27. The molecule has 1 aliphatic heterocycles. The molecule has 0 aliphatic carbocycles. The van der Waals surface area contributed by atoms with Gasteiger partial charge in [-0.3, -0.25) is 0 Å². The zero-order valence-electron chi connectivity index (χ0n) is 7.65. The van der Waals surface area contributed by atoms with Crippen molar-refractivity contribution >= 4 is 11.8 Å². The molecule has 0 aromatic carbocycles. The van der Waals surface area contributed by atoms with Gasteiger partial charge in [0.25, 0.3) is 0 Å². The Kier molecular flexibility index (Phi) is 2.90. The van der Waals surface area contributed by atoms with Gasteiger partial charge >= 0.3 is 0 Å². The average molecular weight is 197 g/mol. The minimum absolute atomic E-state index is 0.598. The Balaban J connectivity index is 2.13. The van der Waals surface area contributed by atoms with E-state index < -0.39 is 0 Å². The number of nitrogens with zero attached hydrogens (tertiary/aromatic N) is 2. The van der Waals surface area contributed by atoms with Crippen molar-refractivity contribution in [2.75, 3.05) is 11.5 Å². The molecule has 1 aliphatic rings. The lowest BCUT2D eigenvalue weighted by Crippen LogP contribution is -2.18. The van der Waals surface area contributed by atoms with Crippen LogP contribution in [0.25, 0.3) is 0 Å². The lowest BCUT2D eigenvalue weighted by Gasteiger charge is -2.24. The summed E-state index contributed by atoms with van der Waals surface area (Å²) < 4.78 is 2.24. The van der Waals surface area contributed by atoms with Gasteiger partial charge in [-0.05, 0) is 18.6 Å². The molecule has 2 rings (SSSR count). The zero-order valence-corrected chi connectivity index (χ0v) is 8.46. The van der Waals surface area contributed by atoms with Crippen LogP contribution >= 0.6 is 11.8 Å². The molecule has 0 bridgehead atoms. The molecule has 1 fully saturated rings. The predicted molar refractivity (Wildman–Crippen MR) is 55.7 cm³/mol. The highest BCUT2D eigenvalue weighted by atomic mass is 32.2. The van der Waals surface area contributed by atoms with Crippen LogP contribution in [-0.2, 0) is 6.54 Å². The summed E-state index contributed by atoms with van der Waals surface area (Å²) in [7, 11) is 0. The van der Waals surface area contributed by atoms with Crippen LogP contribution < -0.4 is 5.73 Å². The van der Waals surface area contributed by atoms with E-state index in [1.165, 1.54) is 24.3 Å². The van der Waals surface area contributed by atoms with E-state index in [1.807, 2.05) is 24.3 Å². The van der Waals surface area contributed by atoms with Gasteiger partial charge in [0, 0.05) is 24.5 Å². The summed E-state index contributed by atoms with van der Waals surface area (Å²) in [5, 5.41) is 0. The van der Waals surface area contributed by atoms with Crippen molar-refractivity contribution in [1.29, 1.82) is 0 Å². The van der Waals surface area contributed by atoms with Gasteiger partial charge in [0.1, 0.15) is 0 Å². The third-order valence-corrected chi connectivity index (χ3v) is 3.68. The Bertz CT molecular complexity index is 266. The second-order valence-corrected chi connectivity index (χ2v) is 4.52. The van der Waals surface area contributed by atoms with Crippen LogP contribution in [0.5, 0.6) is 0 Å². The summed E-state index contributed by atoms with van der Waals surface area (Å²) in [5.41, 5.74) is 6.79. The van der Waals surface area contributed by atoms with Gasteiger partial charge in [0.05, 0.1) is 12.0 Å². The first-order chi connectivity index (χ1) is 6.42. The maximum Gasteiger partial charge on any atom is 0.0951 e. The SMILES string of the molecule is NCc1cncn1C1CCCSC1. The molecule has 1 aromatic rings. The van der Waals surface area contributed by atoms with Crippen LogP contribution in [0.15, 0.2) is 12.5 Å². The third-order valence-electron chi connectivity index (χ3n) is 2.49. The number of aromatic nitrogens is 2. The molecular formula is C9H15N3S. The third kappa shape index (κ3) is 1.89. The molecule has 1 aromatic heterocycles. The fourth-order valence-electron chi connectivity index (χ4n) is 1.76. The molecule has 1 atom stereocenters. The van der Waals surface area contributed by atoms with Gasteiger partial charge in [-0.15, -0.1) is 0 Å². The fraction of sp³-hybridized carbons (Fsp3) is 0.667. The van der Waals surface area contributed by atoms with E-state index in [4.69, 9.17) is 5.73 Å². The second-order valence-electron chi connectivity index (χ2n) is 3.37. The number of hydrogen-bond acceptors (Lipinski definition) is 3. The smallest absolute Gasteiger partial charge is 0.0951 e. The Labute approximate surface area is 82.7 Å². The topological polar surface area (TPSA) is 43.8 Å². The summed E-state index contributed by atoms with van der Waals surface area (Å²) in [6, 6.07) is 0.625.